The molecule has 1 amide bonds. The van der Waals surface area contributed by atoms with Gasteiger partial charge in [-0.3, -0.25) is 14.9 Å². The highest BCUT2D eigenvalue weighted by Crippen LogP contribution is 2.29. The Hall–Kier alpha value is -2.83. The minimum absolute atomic E-state index is 0.0677. The fraction of sp³-hybridized carbons (Fsp3) is 0.0500. The van der Waals surface area contributed by atoms with Gasteiger partial charge in [-0.2, -0.15) is 0 Å². The highest BCUT2D eigenvalue weighted by atomic mass is 35.5. The van der Waals surface area contributed by atoms with Crippen molar-refractivity contribution in [2.75, 3.05) is 5.32 Å². The molecule has 0 unspecified atom stereocenters. The molecule has 0 aliphatic rings. The van der Waals surface area contributed by atoms with E-state index in [1.54, 1.807) is 24.3 Å². The summed E-state index contributed by atoms with van der Waals surface area (Å²) in [6.07, 6.45) is 0.274. The molecule has 0 aliphatic heterocycles. The lowest BCUT2D eigenvalue weighted by atomic mass is 10.1. The van der Waals surface area contributed by atoms with Gasteiger partial charge in [-0.25, -0.2) is 0 Å². The number of carbonyl (C=O) groups is 1. The molecule has 3 aromatic rings. The van der Waals surface area contributed by atoms with Crippen molar-refractivity contribution in [1.82, 2.24) is 0 Å². The van der Waals surface area contributed by atoms with Crippen LogP contribution in [0.15, 0.2) is 82.6 Å². The zero-order chi connectivity index (χ0) is 19.2. The third-order valence-electron chi connectivity index (χ3n) is 3.70. The van der Waals surface area contributed by atoms with E-state index in [0.717, 1.165) is 15.4 Å². The normalized spacial score (nSPS) is 10.4. The number of nitro groups is 1. The third-order valence-corrected chi connectivity index (χ3v) is 4.97. The average molecular weight is 399 g/mol. The quantitative estimate of drug-likeness (QED) is 0.434. The van der Waals surface area contributed by atoms with E-state index in [4.69, 9.17) is 11.6 Å². The maximum absolute atomic E-state index is 12.1. The number of non-ortho nitro benzene ring substituents is 1. The Balaban J connectivity index is 1.57. The van der Waals surface area contributed by atoms with Crippen LogP contribution in [0.1, 0.15) is 5.56 Å². The number of nitrogens with zero attached hydrogens (tertiary/aromatic N) is 1. The van der Waals surface area contributed by atoms with Gasteiger partial charge in [0.25, 0.3) is 5.69 Å². The first-order chi connectivity index (χ1) is 13.0. The van der Waals surface area contributed by atoms with Crippen molar-refractivity contribution in [1.29, 1.82) is 0 Å². The number of nitro benzene ring substituents is 1. The van der Waals surface area contributed by atoms with Crippen molar-refractivity contribution in [3.05, 3.63) is 93.5 Å². The summed E-state index contributed by atoms with van der Waals surface area (Å²) in [5.74, 6) is -0.104. The van der Waals surface area contributed by atoms with Crippen molar-refractivity contribution < 1.29 is 9.72 Å². The van der Waals surface area contributed by atoms with Gasteiger partial charge in [-0.05, 0) is 54.1 Å². The van der Waals surface area contributed by atoms with Crippen LogP contribution in [0, 0.1) is 10.1 Å². The lowest BCUT2D eigenvalue weighted by Gasteiger charge is -2.07. The molecule has 0 aromatic heterocycles. The van der Waals surface area contributed by atoms with Gasteiger partial charge in [-0.15, -0.1) is 0 Å². The number of rotatable bonds is 6. The summed E-state index contributed by atoms with van der Waals surface area (Å²) in [5, 5.41) is 14.2. The standard InChI is InChI=1S/C20H15ClN2O3S/c21-15-3-1-14(2-4-15)13-20(24)22-16-5-9-18(10-6-16)27-19-11-7-17(8-12-19)23(25)26/h1-12H,13H2,(H,22,24). The Morgan fingerprint density at radius 3 is 2.04 bits per heavy atom. The maximum atomic E-state index is 12.1. The number of amides is 1. The topological polar surface area (TPSA) is 72.2 Å². The smallest absolute Gasteiger partial charge is 0.269 e. The first-order valence-corrected chi connectivity index (χ1v) is 9.26. The highest BCUT2D eigenvalue weighted by molar-refractivity contribution is 7.99. The molecular weight excluding hydrogens is 384 g/mol. The van der Waals surface area contributed by atoms with Crippen molar-refractivity contribution in [3.8, 4) is 0 Å². The first-order valence-electron chi connectivity index (χ1n) is 8.06. The zero-order valence-corrected chi connectivity index (χ0v) is 15.7. The molecule has 0 heterocycles. The summed E-state index contributed by atoms with van der Waals surface area (Å²) in [5.41, 5.74) is 1.67. The molecule has 0 saturated carbocycles. The average Bonchev–Trinajstić information content (AvgIpc) is 2.66. The fourth-order valence-corrected chi connectivity index (χ4v) is 3.31. The lowest BCUT2D eigenvalue weighted by Crippen LogP contribution is -2.14. The lowest BCUT2D eigenvalue weighted by molar-refractivity contribution is -0.384. The molecule has 0 atom stereocenters. The van der Waals surface area contributed by atoms with Gasteiger partial charge in [0.1, 0.15) is 0 Å². The molecule has 0 saturated heterocycles. The van der Waals surface area contributed by atoms with Crippen LogP contribution in [0.2, 0.25) is 5.02 Å². The predicted octanol–water partition coefficient (Wildman–Crippen LogP) is 5.58. The SMILES string of the molecule is O=C(Cc1ccc(Cl)cc1)Nc1ccc(Sc2ccc([N+](=O)[O-])cc2)cc1. The molecule has 0 fully saturated rings. The summed E-state index contributed by atoms with van der Waals surface area (Å²) in [6.45, 7) is 0. The largest absolute Gasteiger partial charge is 0.326 e. The van der Waals surface area contributed by atoms with E-state index in [1.165, 1.54) is 23.9 Å². The summed E-state index contributed by atoms with van der Waals surface area (Å²) >= 11 is 7.33. The van der Waals surface area contributed by atoms with E-state index in [9.17, 15) is 14.9 Å². The van der Waals surface area contributed by atoms with Crippen LogP contribution in [0.3, 0.4) is 0 Å². The predicted molar refractivity (Wildman–Crippen MR) is 107 cm³/mol. The third kappa shape index (κ3) is 5.57. The molecule has 0 spiro atoms. The Morgan fingerprint density at radius 1 is 0.926 bits per heavy atom. The van der Waals surface area contributed by atoms with Crippen LogP contribution >= 0.6 is 23.4 Å². The molecule has 5 nitrogen and oxygen atoms in total. The Labute approximate surface area is 165 Å². The van der Waals surface area contributed by atoms with Gasteiger partial charge in [0.05, 0.1) is 11.3 Å². The van der Waals surface area contributed by atoms with Crippen molar-refractivity contribution >= 4 is 40.6 Å². The molecule has 7 heteroatoms. The second kappa shape index (κ2) is 8.70. The number of carbonyl (C=O) groups excluding carboxylic acids is 1. The van der Waals surface area contributed by atoms with Crippen LogP contribution in [-0.2, 0) is 11.2 Å². The minimum Gasteiger partial charge on any atom is -0.326 e. The number of hydrogen-bond acceptors (Lipinski definition) is 4. The summed E-state index contributed by atoms with van der Waals surface area (Å²) < 4.78 is 0. The van der Waals surface area contributed by atoms with Gasteiger partial charge < -0.3 is 5.32 Å². The Bertz CT molecular complexity index is 942. The zero-order valence-electron chi connectivity index (χ0n) is 14.1. The fourth-order valence-electron chi connectivity index (χ4n) is 2.37. The minimum atomic E-state index is -0.421. The molecule has 0 bridgehead atoms. The van der Waals surface area contributed by atoms with Crippen LogP contribution in [0.4, 0.5) is 11.4 Å². The second-order valence-electron chi connectivity index (χ2n) is 5.73. The number of benzene rings is 3. The highest BCUT2D eigenvalue weighted by Gasteiger charge is 2.07. The number of halogens is 1. The van der Waals surface area contributed by atoms with Crippen LogP contribution in [-0.4, -0.2) is 10.8 Å². The van der Waals surface area contributed by atoms with Gasteiger partial charge in [0.2, 0.25) is 5.91 Å². The van der Waals surface area contributed by atoms with E-state index in [1.807, 2.05) is 36.4 Å². The number of nitrogens with one attached hydrogen (secondary N) is 1. The summed E-state index contributed by atoms with van der Waals surface area (Å²) in [7, 11) is 0. The van der Waals surface area contributed by atoms with Crippen LogP contribution in [0.25, 0.3) is 0 Å². The van der Waals surface area contributed by atoms with E-state index in [0.29, 0.717) is 10.7 Å². The van der Waals surface area contributed by atoms with Crippen LogP contribution in [0.5, 0.6) is 0 Å². The second-order valence-corrected chi connectivity index (χ2v) is 7.31. The Morgan fingerprint density at radius 2 is 1.48 bits per heavy atom. The van der Waals surface area contributed by atoms with Crippen molar-refractivity contribution in [3.63, 3.8) is 0 Å². The molecular formula is C20H15ClN2O3S. The van der Waals surface area contributed by atoms with Crippen molar-refractivity contribution in [2.24, 2.45) is 0 Å². The molecule has 27 heavy (non-hydrogen) atoms. The van der Waals surface area contributed by atoms with Gasteiger partial charge >= 0.3 is 0 Å². The molecule has 0 radical (unpaired) electrons. The van der Waals surface area contributed by atoms with Gasteiger partial charge in [0.15, 0.2) is 0 Å². The first kappa shape index (κ1) is 18.9. The summed E-state index contributed by atoms with van der Waals surface area (Å²) in [4.78, 5) is 24.3. The van der Waals surface area contributed by atoms with E-state index in [2.05, 4.69) is 5.32 Å². The van der Waals surface area contributed by atoms with E-state index < -0.39 is 4.92 Å². The number of hydrogen-bond donors (Lipinski definition) is 1. The maximum Gasteiger partial charge on any atom is 0.269 e. The Kier molecular flexibility index (Phi) is 6.11. The molecule has 3 rings (SSSR count). The van der Waals surface area contributed by atoms with Gasteiger partial charge in [-0.1, -0.05) is 35.5 Å². The van der Waals surface area contributed by atoms with Crippen LogP contribution < -0.4 is 5.32 Å². The molecule has 0 aliphatic carbocycles. The van der Waals surface area contributed by atoms with Gasteiger partial charge in [0, 0.05) is 32.6 Å². The monoisotopic (exact) mass is 398 g/mol. The number of anilines is 1. The van der Waals surface area contributed by atoms with Crippen molar-refractivity contribution in [2.45, 2.75) is 16.2 Å². The van der Waals surface area contributed by atoms with E-state index >= 15 is 0 Å². The van der Waals surface area contributed by atoms with E-state index in [-0.39, 0.29) is 18.0 Å². The molecule has 136 valence electrons. The summed E-state index contributed by atoms with van der Waals surface area (Å²) in [6, 6.07) is 21.0. The molecule has 1 N–H and O–H groups in total. The molecule has 3 aromatic carbocycles.